The zero-order chi connectivity index (χ0) is 14.0. The minimum absolute atomic E-state index is 0.149. The summed E-state index contributed by atoms with van der Waals surface area (Å²) in [6.45, 7) is 2.00. The average Bonchev–Trinajstić information content (AvgIpc) is 2.86. The van der Waals surface area contributed by atoms with E-state index in [-0.39, 0.29) is 5.76 Å². The lowest BCUT2D eigenvalue weighted by Crippen LogP contribution is -2.11. The lowest BCUT2D eigenvalue weighted by molar-refractivity contribution is 0.0562. The Bertz CT molecular complexity index is 606. The summed E-state index contributed by atoms with van der Waals surface area (Å²) in [6, 6.07) is 8.70. The summed E-state index contributed by atoms with van der Waals surface area (Å²) < 4.78 is 10.9. The van der Waals surface area contributed by atoms with E-state index >= 15 is 0 Å². The molecular weight excluding hydrogens is 310 g/mol. The van der Waals surface area contributed by atoms with E-state index in [2.05, 4.69) is 20.7 Å². The van der Waals surface area contributed by atoms with Crippen molar-refractivity contribution in [1.29, 1.82) is 0 Å². The second-order valence-corrected chi connectivity index (χ2v) is 5.05. The number of esters is 1. The standard InChI is InChI=1S/C14H14BrNO3/c1-8-3-4-9(10(15)7-8)13(16)11-5-6-12(19-11)14(17)18-2/h3-7,13H,16H2,1-2H3. The van der Waals surface area contributed by atoms with Gasteiger partial charge in [-0.2, -0.15) is 0 Å². The van der Waals surface area contributed by atoms with Gasteiger partial charge in [-0.3, -0.25) is 0 Å². The van der Waals surface area contributed by atoms with Crippen LogP contribution in [0.5, 0.6) is 0 Å². The molecule has 5 heteroatoms. The van der Waals surface area contributed by atoms with Gasteiger partial charge in [-0.05, 0) is 36.2 Å². The summed E-state index contributed by atoms with van der Waals surface area (Å²) in [6.07, 6.45) is 0. The lowest BCUT2D eigenvalue weighted by atomic mass is 10.0. The Kier molecular flexibility index (Phi) is 4.07. The Balaban J connectivity index is 2.31. The molecule has 19 heavy (non-hydrogen) atoms. The van der Waals surface area contributed by atoms with Gasteiger partial charge in [0.15, 0.2) is 0 Å². The molecular formula is C14H14BrNO3. The first kappa shape index (κ1) is 13.8. The molecule has 0 saturated heterocycles. The molecule has 0 aliphatic heterocycles. The van der Waals surface area contributed by atoms with Crippen molar-refractivity contribution in [3.05, 3.63) is 57.5 Å². The molecule has 1 aromatic carbocycles. The SMILES string of the molecule is COC(=O)c1ccc(C(N)c2ccc(C)cc2Br)o1. The summed E-state index contributed by atoms with van der Waals surface area (Å²) in [5.41, 5.74) is 8.18. The van der Waals surface area contributed by atoms with Crippen molar-refractivity contribution in [3.63, 3.8) is 0 Å². The molecule has 4 nitrogen and oxygen atoms in total. The zero-order valence-corrected chi connectivity index (χ0v) is 12.2. The molecule has 0 amide bonds. The van der Waals surface area contributed by atoms with E-state index in [0.717, 1.165) is 15.6 Å². The molecule has 0 radical (unpaired) electrons. The number of hydrogen-bond donors (Lipinski definition) is 1. The number of nitrogens with two attached hydrogens (primary N) is 1. The largest absolute Gasteiger partial charge is 0.463 e. The Hall–Kier alpha value is -1.59. The maximum atomic E-state index is 11.3. The van der Waals surface area contributed by atoms with E-state index in [1.807, 2.05) is 25.1 Å². The minimum atomic E-state index is -0.513. The summed E-state index contributed by atoms with van der Waals surface area (Å²) in [7, 11) is 1.31. The van der Waals surface area contributed by atoms with Crippen LogP contribution in [0.4, 0.5) is 0 Å². The highest BCUT2D eigenvalue weighted by Gasteiger charge is 2.18. The Labute approximate surface area is 119 Å². The number of hydrogen-bond acceptors (Lipinski definition) is 4. The molecule has 0 saturated carbocycles. The van der Waals surface area contributed by atoms with Crippen molar-refractivity contribution in [2.75, 3.05) is 7.11 Å². The van der Waals surface area contributed by atoms with E-state index in [0.29, 0.717) is 5.76 Å². The first-order valence-corrected chi connectivity index (χ1v) is 6.52. The van der Waals surface area contributed by atoms with Gasteiger partial charge in [-0.25, -0.2) is 4.79 Å². The molecule has 100 valence electrons. The maximum Gasteiger partial charge on any atom is 0.373 e. The first-order valence-electron chi connectivity index (χ1n) is 5.72. The van der Waals surface area contributed by atoms with Crippen molar-refractivity contribution < 1.29 is 13.9 Å². The quantitative estimate of drug-likeness (QED) is 0.881. The van der Waals surface area contributed by atoms with Crippen molar-refractivity contribution in [2.45, 2.75) is 13.0 Å². The molecule has 1 atom stereocenters. The number of carbonyl (C=O) groups is 1. The van der Waals surface area contributed by atoms with Gasteiger partial charge in [0.25, 0.3) is 0 Å². The van der Waals surface area contributed by atoms with Crippen LogP contribution in [-0.4, -0.2) is 13.1 Å². The molecule has 0 aliphatic carbocycles. The van der Waals surface area contributed by atoms with Gasteiger partial charge >= 0.3 is 5.97 Å². The van der Waals surface area contributed by atoms with Crippen molar-refractivity contribution >= 4 is 21.9 Å². The summed E-state index contributed by atoms with van der Waals surface area (Å²) >= 11 is 3.48. The molecule has 0 fully saturated rings. The van der Waals surface area contributed by atoms with E-state index in [1.165, 1.54) is 7.11 Å². The second kappa shape index (κ2) is 5.59. The Morgan fingerprint density at radius 2 is 2.11 bits per heavy atom. The predicted molar refractivity (Wildman–Crippen MR) is 75.0 cm³/mol. The number of rotatable bonds is 3. The van der Waals surface area contributed by atoms with Crippen LogP contribution in [-0.2, 0) is 4.74 Å². The topological polar surface area (TPSA) is 65.5 Å². The number of benzene rings is 1. The summed E-state index contributed by atoms with van der Waals surface area (Å²) in [5, 5.41) is 0. The fraction of sp³-hybridized carbons (Fsp3) is 0.214. The Morgan fingerprint density at radius 1 is 1.37 bits per heavy atom. The molecule has 2 N–H and O–H groups in total. The predicted octanol–water partition coefficient (Wildman–Crippen LogP) is 3.19. The fourth-order valence-electron chi connectivity index (χ4n) is 1.77. The number of methoxy groups -OCH3 is 1. The van der Waals surface area contributed by atoms with Crippen LogP contribution < -0.4 is 5.73 Å². The average molecular weight is 324 g/mol. The third-order valence-corrected chi connectivity index (χ3v) is 3.50. The van der Waals surface area contributed by atoms with Gasteiger partial charge < -0.3 is 14.9 Å². The molecule has 1 unspecified atom stereocenters. The molecule has 1 heterocycles. The maximum absolute atomic E-state index is 11.3. The van der Waals surface area contributed by atoms with Crippen LogP contribution in [0.3, 0.4) is 0 Å². The zero-order valence-electron chi connectivity index (χ0n) is 10.6. The van der Waals surface area contributed by atoms with Crippen LogP contribution in [0.2, 0.25) is 0 Å². The van der Waals surface area contributed by atoms with Gasteiger partial charge in [0, 0.05) is 4.47 Å². The van der Waals surface area contributed by atoms with Crippen LogP contribution in [0, 0.1) is 6.92 Å². The van der Waals surface area contributed by atoms with Crippen LogP contribution in [0.25, 0.3) is 0 Å². The number of ether oxygens (including phenoxy) is 1. The van der Waals surface area contributed by atoms with Crippen molar-refractivity contribution in [3.8, 4) is 0 Å². The van der Waals surface area contributed by atoms with E-state index in [9.17, 15) is 4.79 Å². The highest BCUT2D eigenvalue weighted by molar-refractivity contribution is 9.10. The minimum Gasteiger partial charge on any atom is -0.463 e. The smallest absolute Gasteiger partial charge is 0.373 e. The number of halogens is 1. The summed E-state index contributed by atoms with van der Waals surface area (Å²) in [5.74, 6) is 0.155. The molecule has 1 aromatic heterocycles. The van der Waals surface area contributed by atoms with Crippen LogP contribution in [0.15, 0.2) is 39.2 Å². The summed E-state index contributed by atoms with van der Waals surface area (Å²) in [4.78, 5) is 11.3. The van der Waals surface area contributed by atoms with Gasteiger partial charge in [0.2, 0.25) is 5.76 Å². The van der Waals surface area contributed by atoms with Gasteiger partial charge in [0.1, 0.15) is 5.76 Å². The third-order valence-electron chi connectivity index (χ3n) is 2.81. The highest BCUT2D eigenvalue weighted by Crippen LogP contribution is 2.28. The number of aryl methyl sites for hydroxylation is 1. The van der Waals surface area contributed by atoms with Gasteiger partial charge in [-0.1, -0.05) is 28.1 Å². The lowest BCUT2D eigenvalue weighted by Gasteiger charge is -2.12. The third kappa shape index (κ3) is 2.88. The Morgan fingerprint density at radius 3 is 2.74 bits per heavy atom. The van der Waals surface area contributed by atoms with Crippen LogP contribution in [0.1, 0.15) is 33.5 Å². The van der Waals surface area contributed by atoms with Crippen molar-refractivity contribution in [2.24, 2.45) is 5.73 Å². The number of carbonyl (C=O) groups excluding carboxylic acids is 1. The molecule has 0 aliphatic rings. The molecule has 2 rings (SSSR count). The van der Waals surface area contributed by atoms with Gasteiger partial charge in [-0.15, -0.1) is 0 Å². The van der Waals surface area contributed by atoms with E-state index in [1.54, 1.807) is 12.1 Å². The highest BCUT2D eigenvalue weighted by atomic mass is 79.9. The van der Waals surface area contributed by atoms with E-state index < -0.39 is 12.0 Å². The van der Waals surface area contributed by atoms with Crippen LogP contribution >= 0.6 is 15.9 Å². The molecule has 2 aromatic rings. The van der Waals surface area contributed by atoms with Gasteiger partial charge in [0.05, 0.1) is 13.2 Å². The fourth-order valence-corrected chi connectivity index (χ4v) is 2.51. The normalized spacial score (nSPS) is 12.2. The first-order chi connectivity index (χ1) is 9.02. The monoisotopic (exact) mass is 323 g/mol. The number of furan rings is 1. The van der Waals surface area contributed by atoms with E-state index in [4.69, 9.17) is 10.2 Å². The van der Waals surface area contributed by atoms with Crippen molar-refractivity contribution in [1.82, 2.24) is 0 Å². The second-order valence-electron chi connectivity index (χ2n) is 4.20. The molecule has 0 spiro atoms. The molecule has 0 bridgehead atoms.